The van der Waals surface area contributed by atoms with Gasteiger partial charge in [-0.3, -0.25) is 0 Å². The van der Waals surface area contributed by atoms with Crippen LogP contribution >= 0.6 is 12.6 Å². The largest absolute Gasteiger partial charge is 0.304 e. The van der Waals surface area contributed by atoms with Crippen LogP contribution in [-0.4, -0.2) is 5.88 Å². The molecule has 1 saturated carbocycles. The van der Waals surface area contributed by atoms with Crippen LogP contribution in [0.15, 0.2) is 24.3 Å². The van der Waals surface area contributed by atoms with Gasteiger partial charge in [0.2, 0.25) is 0 Å². The average molecular weight is 235 g/mol. The molecule has 0 aromatic heterocycles. The zero-order valence-corrected chi connectivity index (χ0v) is 10.7. The predicted octanol–water partition coefficient (Wildman–Crippen LogP) is 3.71. The third-order valence-electron chi connectivity index (χ3n) is 3.50. The highest BCUT2D eigenvalue weighted by Crippen LogP contribution is 2.32. The van der Waals surface area contributed by atoms with Crippen molar-refractivity contribution in [2.75, 3.05) is 5.88 Å². The first kappa shape index (κ1) is 12.0. The Hall–Kier alpha value is -0.470. The SMILES string of the molecule is SCNCc1ccc(C2CCCCC2)cc1. The summed E-state index contributed by atoms with van der Waals surface area (Å²) < 4.78 is 0. The first-order valence-electron chi connectivity index (χ1n) is 6.30. The molecule has 1 N–H and O–H groups in total. The lowest BCUT2D eigenvalue weighted by Crippen LogP contribution is -2.10. The lowest BCUT2D eigenvalue weighted by molar-refractivity contribution is 0.443. The Bertz CT molecular complexity index is 301. The lowest BCUT2D eigenvalue weighted by atomic mass is 9.84. The summed E-state index contributed by atoms with van der Waals surface area (Å²) in [5.74, 6) is 1.56. The molecular formula is C14H21NS. The summed E-state index contributed by atoms with van der Waals surface area (Å²) in [6.45, 7) is 0.925. The van der Waals surface area contributed by atoms with Crippen LogP contribution in [-0.2, 0) is 6.54 Å². The third kappa shape index (κ3) is 3.26. The summed E-state index contributed by atoms with van der Waals surface area (Å²) in [5.41, 5.74) is 2.89. The van der Waals surface area contributed by atoms with E-state index in [0.717, 1.165) is 18.3 Å². The summed E-state index contributed by atoms with van der Waals surface area (Å²) in [7, 11) is 0. The van der Waals surface area contributed by atoms with Crippen molar-refractivity contribution in [3.8, 4) is 0 Å². The molecule has 1 aromatic rings. The molecule has 0 heterocycles. The second-order valence-corrected chi connectivity index (χ2v) is 4.98. The van der Waals surface area contributed by atoms with Crippen molar-refractivity contribution >= 4 is 12.6 Å². The highest BCUT2D eigenvalue weighted by Gasteiger charge is 2.14. The number of benzene rings is 1. The highest BCUT2D eigenvalue weighted by atomic mass is 32.1. The number of hydrogen-bond acceptors (Lipinski definition) is 2. The van der Waals surface area contributed by atoms with Crippen LogP contribution in [0.1, 0.15) is 49.1 Å². The van der Waals surface area contributed by atoms with Gasteiger partial charge < -0.3 is 5.32 Å². The Labute approximate surface area is 104 Å². The molecule has 1 aromatic carbocycles. The van der Waals surface area contributed by atoms with Crippen molar-refractivity contribution in [2.45, 2.75) is 44.6 Å². The Morgan fingerprint density at radius 3 is 2.38 bits per heavy atom. The van der Waals surface area contributed by atoms with Crippen molar-refractivity contribution in [3.05, 3.63) is 35.4 Å². The highest BCUT2D eigenvalue weighted by molar-refractivity contribution is 7.80. The number of nitrogens with one attached hydrogen (secondary N) is 1. The van der Waals surface area contributed by atoms with Crippen LogP contribution < -0.4 is 5.32 Å². The Kier molecular flexibility index (Phi) is 4.73. The molecule has 0 amide bonds. The fourth-order valence-corrected chi connectivity index (χ4v) is 2.66. The van der Waals surface area contributed by atoms with E-state index in [1.54, 1.807) is 0 Å². The summed E-state index contributed by atoms with van der Waals surface area (Å²) in [6, 6.07) is 9.12. The summed E-state index contributed by atoms with van der Waals surface area (Å²) in [4.78, 5) is 0. The van der Waals surface area contributed by atoms with Crippen LogP contribution in [0.4, 0.5) is 0 Å². The van der Waals surface area contributed by atoms with Crippen LogP contribution in [0.2, 0.25) is 0 Å². The molecule has 0 saturated heterocycles. The second-order valence-electron chi connectivity index (χ2n) is 4.66. The minimum absolute atomic E-state index is 0.740. The average Bonchev–Trinajstić information content (AvgIpc) is 2.38. The normalized spacial score (nSPS) is 17.6. The Morgan fingerprint density at radius 2 is 1.75 bits per heavy atom. The first-order chi connectivity index (χ1) is 7.90. The van der Waals surface area contributed by atoms with E-state index in [4.69, 9.17) is 0 Å². The zero-order valence-electron chi connectivity index (χ0n) is 9.78. The van der Waals surface area contributed by atoms with E-state index in [-0.39, 0.29) is 0 Å². The molecule has 1 aliphatic rings. The summed E-state index contributed by atoms with van der Waals surface area (Å²) >= 11 is 4.14. The summed E-state index contributed by atoms with van der Waals surface area (Å²) in [5, 5.41) is 3.23. The minimum Gasteiger partial charge on any atom is -0.304 e. The van der Waals surface area contributed by atoms with E-state index < -0.39 is 0 Å². The van der Waals surface area contributed by atoms with Gasteiger partial charge >= 0.3 is 0 Å². The van der Waals surface area contributed by atoms with Crippen LogP contribution in [0.5, 0.6) is 0 Å². The molecule has 0 atom stereocenters. The van der Waals surface area contributed by atoms with Gasteiger partial charge in [0.15, 0.2) is 0 Å². The second kappa shape index (κ2) is 6.31. The summed E-state index contributed by atoms with van der Waals surface area (Å²) in [6.07, 6.45) is 7.02. The van der Waals surface area contributed by atoms with E-state index in [9.17, 15) is 0 Å². The minimum atomic E-state index is 0.740. The van der Waals surface area contributed by atoms with Gasteiger partial charge in [-0.15, -0.1) is 0 Å². The van der Waals surface area contributed by atoms with E-state index in [1.807, 2.05) is 0 Å². The van der Waals surface area contributed by atoms with E-state index in [1.165, 1.54) is 43.2 Å². The molecule has 0 spiro atoms. The fraction of sp³-hybridized carbons (Fsp3) is 0.571. The van der Waals surface area contributed by atoms with E-state index >= 15 is 0 Å². The number of thiol groups is 1. The topological polar surface area (TPSA) is 12.0 Å². The molecule has 16 heavy (non-hydrogen) atoms. The van der Waals surface area contributed by atoms with Gasteiger partial charge in [-0.1, -0.05) is 43.5 Å². The van der Waals surface area contributed by atoms with Crippen LogP contribution in [0.25, 0.3) is 0 Å². The van der Waals surface area contributed by atoms with E-state index in [2.05, 4.69) is 42.2 Å². The maximum Gasteiger partial charge on any atom is 0.0390 e. The standard InChI is InChI=1S/C14H21NS/c16-11-15-10-12-6-8-14(9-7-12)13-4-2-1-3-5-13/h6-9,13,15-16H,1-5,10-11H2. The maximum absolute atomic E-state index is 4.14. The van der Waals surface area contributed by atoms with Crippen molar-refractivity contribution in [3.63, 3.8) is 0 Å². The smallest absolute Gasteiger partial charge is 0.0390 e. The van der Waals surface area contributed by atoms with Gasteiger partial charge in [0.05, 0.1) is 0 Å². The van der Waals surface area contributed by atoms with Crippen molar-refractivity contribution < 1.29 is 0 Å². The van der Waals surface area contributed by atoms with Crippen LogP contribution in [0, 0.1) is 0 Å². The Balaban J connectivity index is 1.95. The van der Waals surface area contributed by atoms with Crippen molar-refractivity contribution in [1.29, 1.82) is 0 Å². The van der Waals surface area contributed by atoms with Gasteiger partial charge in [0, 0.05) is 12.4 Å². The van der Waals surface area contributed by atoms with Crippen LogP contribution in [0.3, 0.4) is 0 Å². The fourth-order valence-electron chi connectivity index (χ4n) is 2.54. The lowest BCUT2D eigenvalue weighted by Gasteiger charge is -2.22. The van der Waals surface area contributed by atoms with Crippen molar-refractivity contribution in [2.24, 2.45) is 0 Å². The molecule has 1 nitrogen and oxygen atoms in total. The monoisotopic (exact) mass is 235 g/mol. The van der Waals surface area contributed by atoms with E-state index in [0.29, 0.717) is 0 Å². The quantitative estimate of drug-likeness (QED) is 0.599. The van der Waals surface area contributed by atoms with Gasteiger partial charge in [0.25, 0.3) is 0 Å². The third-order valence-corrected chi connectivity index (χ3v) is 3.72. The molecule has 0 bridgehead atoms. The molecule has 2 heteroatoms. The zero-order chi connectivity index (χ0) is 11.2. The first-order valence-corrected chi connectivity index (χ1v) is 6.94. The van der Waals surface area contributed by atoms with Gasteiger partial charge in [-0.05, 0) is 29.9 Å². The molecule has 0 radical (unpaired) electrons. The number of hydrogen-bond donors (Lipinski definition) is 2. The molecule has 1 aliphatic carbocycles. The van der Waals surface area contributed by atoms with Gasteiger partial charge in [-0.2, -0.15) is 12.6 Å². The van der Waals surface area contributed by atoms with Gasteiger partial charge in [0.1, 0.15) is 0 Å². The molecular weight excluding hydrogens is 214 g/mol. The molecule has 88 valence electrons. The maximum atomic E-state index is 4.14. The Morgan fingerprint density at radius 1 is 1.06 bits per heavy atom. The predicted molar refractivity (Wildman–Crippen MR) is 73.0 cm³/mol. The molecule has 0 aliphatic heterocycles. The molecule has 2 rings (SSSR count). The molecule has 1 fully saturated rings. The molecule has 0 unspecified atom stereocenters. The van der Waals surface area contributed by atoms with Crippen molar-refractivity contribution in [1.82, 2.24) is 5.32 Å². The van der Waals surface area contributed by atoms with Gasteiger partial charge in [-0.25, -0.2) is 0 Å². The number of rotatable bonds is 4.